The van der Waals surface area contributed by atoms with Crippen LogP contribution in [0.25, 0.3) is 0 Å². The highest BCUT2D eigenvalue weighted by atomic mass is 32.2. The molecule has 0 spiro atoms. The normalized spacial score (nSPS) is 42.2. The van der Waals surface area contributed by atoms with Crippen LogP contribution in [0.5, 0.6) is 0 Å². The molecule has 2 heterocycles. The zero-order valence-electron chi connectivity index (χ0n) is 19.2. The van der Waals surface area contributed by atoms with Crippen LogP contribution in [0.2, 0.25) is 0 Å². The Morgan fingerprint density at radius 3 is 2.83 bits per heavy atom. The third-order valence-electron chi connectivity index (χ3n) is 9.75. The predicted octanol–water partition coefficient (Wildman–Crippen LogP) is 4.15. The van der Waals surface area contributed by atoms with Crippen LogP contribution in [0.15, 0.2) is 18.3 Å². The minimum atomic E-state index is 0.320. The van der Waals surface area contributed by atoms with Crippen molar-refractivity contribution in [2.24, 2.45) is 28.6 Å². The van der Waals surface area contributed by atoms with Crippen LogP contribution in [-0.2, 0) is 12.8 Å². The number of nitrogens with zero attached hydrogens (tertiary/aromatic N) is 2. The molecule has 1 aliphatic heterocycles. The van der Waals surface area contributed by atoms with E-state index in [1.54, 1.807) is 0 Å². The molecule has 1 saturated heterocycles. The van der Waals surface area contributed by atoms with Crippen molar-refractivity contribution in [1.82, 2.24) is 20.4 Å². The number of allylic oxidation sites excluding steroid dienone is 1. The first kappa shape index (κ1) is 21.1. The van der Waals surface area contributed by atoms with Crippen molar-refractivity contribution in [2.75, 3.05) is 38.2 Å². The van der Waals surface area contributed by atoms with Gasteiger partial charge in [0, 0.05) is 42.9 Å². The average Bonchev–Trinajstić information content (AvgIpc) is 3.31. The number of aromatic nitrogens is 2. The lowest BCUT2D eigenvalue weighted by molar-refractivity contribution is -0.0292. The number of hydrogen-bond donors (Lipinski definition) is 2. The summed E-state index contributed by atoms with van der Waals surface area (Å²) in [5.74, 6) is 4.75. The Morgan fingerprint density at radius 2 is 2.07 bits per heavy atom. The fourth-order valence-corrected chi connectivity index (χ4v) is 8.67. The van der Waals surface area contributed by atoms with E-state index in [1.807, 2.05) is 0 Å². The summed E-state index contributed by atoms with van der Waals surface area (Å²) in [6, 6.07) is 0.598. The lowest BCUT2D eigenvalue weighted by atomic mass is 9.51. The van der Waals surface area contributed by atoms with E-state index in [2.05, 4.69) is 65.8 Å². The van der Waals surface area contributed by atoms with Gasteiger partial charge in [0.25, 0.3) is 0 Å². The van der Waals surface area contributed by atoms with Gasteiger partial charge < -0.3 is 10.2 Å². The van der Waals surface area contributed by atoms with Crippen molar-refractivity contribution in [3.63, 3.8) is 0 Å². The Hall–Kier alpha value is -0.780. The molecule has 4 nitrogen and oxygen atoms in total. The Labute approximate surface area is 187 Å². The van der Waals surface area contributed by atoms with Gasteiger partial charge in [0.2, 0.25) is 0 Å². The van der Waals surface area contributed by atoms with Gasteiger partial charge in [-0.15, -0.1) is 0 Å². The van der Waals surface area contributed by atoms with E-state index in [4.69, 9.17) is 0 Å². The van der Waals surface area contributed by atoms with Gasteiger partial charge >= 0.3 is 0 Å². The molecular formula is C25H40N4S. The quantitative estimate of drug-likeness (QED) is 0.707. The molecule has 5 heteroatoms. The molecule has 4 aliphatic rings. The number of thioether (sulfide) groups is 1. The van der Waals surface area contributed by atoms with Gasteiger partial charge in [0.15, 0.2) is 0 Å². The van der Waals surface area contributed by atoms with Gasteiger partial charge in [-0.25, -0.2) is 0 Å². The monoisotopic (exact) mass is 428 g/mol. The Kier molecular flexibility index (Phi) is 5.60. The number of nitrogens with one attached hydrogen (secondary N) is 2. The number of fused-ring (bicyclic) bond motifs is 2. The lowest BCUT2D eigenvalue weighted by Crippen LogP contribution is -2.58. The molecule has 5 rings (SSSR count). The summed E-state index contributed by atoms with van der Waals surface area (Å²) in [7, 11) is 2.22. The van der Waals surface area contributed by atoms with E-state index in [-0.39, 0.29) is 0 Å². The SMILES string of the molecule is C=C1CC[C@@H]2[C@H](NC)[C@H]([C@]3(C)Cc4cn[nH]c4C[C@@H]3CN3CCSCC3)CC[C@]12C. The zero-order chi connectivity index (χ0) is 20.9. The smallest absolute Gasteiger partial charge is 0.0522 e. The van der Waals surface area contributed by atoms with Crippen molar-refractivity contribution >= 4 is 11.8 Å². The van der Waals surface area contributed by atoms with Crippen molar-refractivity contribution in [2.45, 2.75) is 58.4 Å². The van der Waals surface area contributed by atoms with E-state index < -0.39 is 0 Å². The van der Waals surface area contributed by atoms with Crippen molar-refractivity contribution in [1.29, 1.82) is 0 Å². The summed E-state index contributed by atoms with van der Waals surface area (Å²) in [5, 5.41) is 11.6. The maximum atomic E-state index is 4.50. The van der Waals surface area contributed by atoms with Crippen LogP contribution < -0.4 is 5.32 Å². The summed E-state index contributed by atoms with van der Waals surface area (Å²) >= 11 is 2.12. The van der Waals surface area contributed by atoms with Crippen molar-refractivity contribution in [3.8, 4) is 0 Å². The summed E-state index contributed by atoms with van der Waals surface area (Å²) in [6.45, 7) is 13.4. The standard InChI is InChI=1S/C25H40N4S/c1-17-5-6-20-23(26-4)21(7-8-24(17,20)2)25(3)14-18-15-27-28-22(18)13-19(25)16-29-9-11-30-12-10-29/h15,19-21,23,26H,1,5-14,16H2,2-4H3,(H,27,28)/t19-,20-,21-,23+,24-,25-/m1/s1. The molecule has 2 N–H and O–H groups in total. The van der Waals surface area contributed by atoms with E-state index in [9.17, 15) is 0 Å². The molecular weight excluding hydrogens is 388 g/mol. The first-order valence-electron chi connectivity index (χ1n) is 12.1. The van der Waals surface area contributed by atoms with Crippen LogP contribution in [0.3, 0.4) is 0 Å². The topological polar surface area (TPSA) is 44.0 Å². The molecule has 0 amide bonds. The largest absolute Gasteiger partial charge is 0.316 e. The highest BCUT2D eigenvalue weighted by molar-refractivity contribution is 7.99. The minimum absolute atomic E-state index is 0.320. The number of H-pyrrole nitrogens is 1. The second-order valence-corrected chi connectivity index (χ2v) is 12.2. The maximum absolute atomic E-state index is 4.50. The van der Waals surface area contributed by atoms with Crippen LogP contribution in [-0.4, -0.2) is 59.3 Å². The zero-order valence-corrected chi connectivity index (χ0v) is 20.0. The van der Waals surface area contributed by atoms with Crippen LogP contribution in [0.4, 0.5) is 0 Å². The number of hydrogen-bond acceptors (Lipinski definition) is 4. The lowest BCUT2D eigenvalue weighted by Gasteiger charge is -2.56. The van der Waals surface area contributed by atoms with Crippen LogP contribution in [0.1, 0.15) is 50.8 Å². The van der Waals surface area contributed by atoms with Gasteiger partial charge in [-0.3, -0.25) is 5.10 Å². The van der Waals surface area contributed by atoms with E-state index in [0.717, 1.165) is 18.3 Å². The molecule has 3 aliphatic carbocycles. The summed E-state index contributed by atoms with van der Waals surface area (Å²) < 4.78 is 0. The Bertz CT molecular complexity index is 784. The molecule has 0 radical (unpaired) electrons. The fraction of sp³-hybridized carbons (Fsp3) is 0.800. The molecule has 6 atom stereocenters. The fourth-order valence-electron chi connectivity index (χ4n) is 7.70. The average molecular weight is 429 g/mol. The second kappa shape index (κ2) is 7.97. The summed E-state index contributed by atoms with van der Waals surface area (Å²) in [4.78, 5) is 2.75. The van der Waals surface area contributed by atoms with E-state index in [0.29, 0.717) is 22.8 Å². The molecule has 1 aromatic heterocycles. The number of rotatable bonds is 4. The molecule has 1 aromatic rings. The van der Waals surface area contributed by atoms with Crippen molar-refractivity contribution in [3.05, 3.63) is 29.6 Å². The van der Waals surface area contributed by atoms with Gasteiger partial charge in [-0.05, 0) is 79.7 Å². The van der Waals surface area contributed by atoms with Crippen LogP contribution >= 0.6 is 11.8 Å². The number of aromatic amines is 1. The molecule has 0 aromatic carbocycles. The Morgan fingerprint density at radius 1 is 1.27 bits per heavy atom. The highest BCUT2D eigenvalue weighted by Crippen LogP contribution is 2.60. The second-order valence-electron chi connectivity index (χ2n) is 11.0. The molecule has 0 unspecified atom stereocenters. The Balaban J connectivity index is 1.46. The minimum Gasteiger partial charge on any atom is -0.316 e. The first-order chi connectivity index (χ1) is 14.5. The summed E-state index contributed by atoms with van der Waals surface area (Å²) in [6.07, 6.45) is 9.65. The molecule has 3 fully saturated rings. The third kappa shape index (κ3) is 3.31. The van der Waals surface area contributed by atoms with Crippen LogP contribution in [0, 0.1) is 28.6 Å². The highest BCUT2D eigenvalue weighted by Gasteiger charge is 2.56. The molecule has 166 valence electrons. The molecule has 30 heavy (non-hydrogen) atoms. The van der Waals surface area contributed by atoms with Gasteiger partial charge in [-0.1, -0.05) is 26.0 Å². The van der Waals surface area contributed by atoms with E-state index in [1.165, 1.54) is 80.1 Å². The molecule has 2 saturated carbocycles. The predicted molar refractivity (Wildman–Crippen MR) is 127 cm³/mol. The van der Waals surface area contributed by atoms with E-state index >= 15 is 0 Å². The first-order valence-corrected chi connectivity index (χ1v) is 13.3. The third-order valence-corrected chi connectivity index (χ3v) is 10.7. The van der Waals surface area contributed by atoms with Gasteiger partial charge in [-0.2, -0.15) is 16.9 Å². The maximum Gasteiger partial charge on any atom is 0.0522 e. The summed E-state index contributed by atoms with van der Waals surface area (Å²) in [5.41, 5.74) is 5.05. The molecule has 0 bridgehead atoms. The van der Waals surface area contributed by atoms with Crippen molar-refractivity contribution < 1.29 is 0 Å². The van der Waals surface area contributed by atoms with Gasteiger partial charge in [0.1, 0.15) is 0 Å². The van der Waals surface area contributed by atoms with Gasteiger partial charge in [0.05, 0.1) is 6.20 Å².